The van der Waals surface area contributed by atoms with Crippen LogP contribution in [0.1, 0.15) is 26.2 Å². The third kappa shape index (κ3) is 2.39. The van der Waals surface area contributed by atoms with E-state index in [4.69, 9.17) is 5.11 Å². The minimum Gasteiger partial charge on any atom is -0.481 e. The molecule has 0 saturated heterocycles. The van der Waals surface area contributed by atoms with Crippen molar-refractivity contribution in [3.05, 3.63) is 0 Å². The number of halogens is 3. The zero-order chi connectivity index (χ0) is 10.9. The van der Waals surface area contributed by atoms with Crippen molar-refractivity contribution in [3.8, 4) is 0 Å². The molecule has 0 radical (unpaired) electrons. The van der Waals surface area contributed by atoms with Gasteiger partial charge in [0.15, 0.2) is 0 Å². The number of rotatable bonds is 1. The molecule has 0 heterocycles. The van der Waals surface area contributed by atoms with Gasteiger partial charge in [0.2, 0.25) is 0 Å². The fourth-order valence-corrected chi connectivity index (χ4v) is 2.04. The molecule has 0 aliphatic heterocycles. The average molecular weight is 210 g/mol. The van der Waals surface area contributed by atoms with Gasteiger partial charge in [0.25, 0.3) is 0 Å². The molecule has 0 bridgehead atoms. The van der Waals surface area contributed by atoms with Crippen LogP contribution in [0.25, 0.3) is 0 Å². The van der Waals surface area contributed by atoms with Gasteiger partial charge < -0.3 is 5.11 Å². The number of carboxylic acid groups (broad SMARTS) is 1. The normalized spacial score (nSPS) is 34.1. The molecule has 0 aromatic rings. The van der Waals surface area contributed by atoms with E-state index in [0.717, 1.165) is 0 Å². The van der Waals surface area contributed by atoms with Gasteiger partial charge in [-0.3, -0.25) is 4.79 Å². The first-order valence-corrected chi connectivity index (χ1v) is 4.62. The highest BCUT2D eigenvalue weighted by Gasteiger charge is 2.49. The molecule has 3 unspecified atom stereocenters. The molecule has 1 N–H and O–H groups in total. The van der Waals surface area contributed by atoms with Crippen molar-refractivity contribution in [2.24, 2.45) is 17.8 Å². The number of carboxylic acids is 1. The smallest absolute Gasteiger partial charge is 0.392 e. The SMILES string of the molecule is CC1CCC(C(=O)O)C(C(F)(F)F)C1. The highest BCUT2D eigenvalue weighted by molar-refractivity contribution is 5.70. The molecule has 1 fully saturated rings. The van der Waals surface area contributed by atoms with E-state index in [1.54, 1.807) is 6.92 Å². The number of hydrogen-bond donors (Lipinski definition) is 1. The predicted octanol–water partition coefficient (Wildman–Crippen LogP) is 2.69. The van der Waals surface area contributed by atoms with E-state index in [-0.39, 0.29) is 18.8 Å². The molecular weight excluding hydrogens is 197 g/mol. The highest BCUT2D eigenvalue weighted by atomic mass is 19.4. The molecule has 0 aromatic heterocycles. The van der Waals surface area contributed by atoms with Crippen molar-refractivity contribution >= 4 is 5.97 Å². The highest BCUT2D eigenvalue weighted by Crippen LogP contribution is 2.43. The van der Waals surface area contributed by atoms with Gasteiger partial charge in [0.05, 0.1) is 11.8 Å². The van der Waals surface area contributed by atoms with Crippen LogP contribution >= 0.6 is 0 Å². The summed E-state index contributed by atoms with van der Waals surface area (Å²) in [6.45, 7) is 1.73. The molecular formula is C9H13F3O2. The Hall–Kier alpha value is -0.740. The summed E-state index contributed by atoms with van der Waals surface area (Å²) in [6, 6.07) is 0. The summed E-state index contributed by atoms with van der Waals surface area (Å²) in [6.07, 6.45) is -3.72. The lowest BCUT2D eigenvalue weighted by Gasteiger charge is -2.33. The Morgan fingerprint density at radius 3 is 2.36 bits per heavy atom. The van der Waals surface area contributed by atoms with Gasteiger partial charge in [-0.25, -0.2) is 0 Å². The maximum Gasteiger partial charge on any atom is 0.392 e. The summed E-state index contributed by atoms with van der Waals surface area (Å²) in [5.74, 6) is -4.26. The predicted molar refractivity (Wildman–Crippen MR) is 43.7 cm³/mol. The minimum atomic E-state index is -4.38. The zero-order valence-corrected chi connectivity index (χ0v) is 7.84. The molecule has 0 amide bonds. The molecule has 5 heteroatoms. The maximum absolute atomic E-state index is 12.5. The fourth-order valence-electron chi connectivity index (χ4n) is 2.04. The molecule has 0 spiro atoms. The van der Waals surface area contributed by atoms with Gasteiger partial charge >= 0.3 is 12.1 Å². The van der Waals surface area contributed by atoms with Gasteiger partial charge in [-0.15, -0.1) is 0 Å². The second-order valence-electron chi connectivity index (χ2n) is 4.01. The van der Waals surface area contributed by atoms with E-state index in [9.17, 15) is 18.0 Å². The van der Waals surface area contributed by atoms with Crippen LogP contribution in [0.2, 0.25) is 0 Å². The standard InChI is InChI=1S/C9H13F3O2/c1-5-2-3-6(8(13)14)7(4-5)9(10,11)12/h5-7H,2-4H2,1H3,(H,13,14). The van der Waals surface area contributed by atoms with Crippen molar-refractivity contribution in [1.82, 2.24) is 0 Å². The Labute approximate surface area is 80.1 Å². The van der Waals surface area contributed by atoms with Crippen LogP contribution in [-0.2, 0) is 4.79 Å². The van der Waals surface area contributed by atoms with Crippen LogP contribution in [0.5, 0.6) is 0 Å². The molecule has 0 aromatic carbocycles. The van der Waals surface area contributed by atoms with E-state index in [2.05, 4.69) is 0 Å². The molecule has 1 rings (SSSR count). The van der Waals surface area contributed by atoms with E-state index in [1.165, 1.54) is 0 Å². The number of carbonyl (C=O) groups is 1. The lowest BCUT2D eigenvalue weighted by atomic mass is 9.74. The Bertz CT molecular complexity index is 225. The Morgan fingerprint density at radius 2 is 1.93 bits per heavy atom. The monoisotopic (exact) mass is 210 g/mol. The van der Waals surface area contributed by atoms with Crippen molar-refractivity contribution in [3.63, 3.8) is 0 Å². The molecule has 14 heavy (non-hydrogen) atoms. The molecule has 3 atom stereocenters. The topological polar surface area (TPSA) is 37.3 Å². The first-order chi connectivity index (χ1) is 6.32. The summed E-state index contributed by atoms with van der Waals surface area (Å²) in [5, 5.41) is 8.66. The van der Waals surface area contributed by atoms with Crippen LogP contribution in [0, 0.1) is 17.8 Å². The van der Waals surface area contributed by atoms with E-state index >= 15 is 0 Å². The van der Waals surface area contributed by atoms with Crippen molar-refractivity contribution < 1.29 is 23.1 Å². The van der Waals surface area contributed by atoms with E-state index in [0.29, 0.717) is 6.42 Å². The Balaban J connectivity index is 2.79. The second kappa shape index (κ2) is 3.79. The van der Waals surface area contributed by atoms with Crippen molar-refractivity contribution in [1.29, 1.82) is 0 Å². The fraction of sp³-hybridized carbons (Fsp3) is 0.889. The molecule has 82 valence electrons. The lowest BCUT2D eigenvalue weighted by molar-refractivity contribution is -0.206. The maximum atomic E-state index is 12.5. The van der Waals surface area contributed by atoms with Gasteiger partial charge in [-0.05, 0) is 25.2 Å². The summed E-state index contributed by atoms with van der Waals surface area (Å²) in [7, 11) is 0. The summed E-state index contributed by atoms with van der Waals surface area (Å²) >= 11 is 0. The molecule has 2 nitrogen and oxygen atoms in total. The molecule has 1 aliphatic carbocycles. The van der Waals surface area contributed by atoms with Crippen LogP contribution in [0.3, 0.4) is 0 Å². The summed E-state index contributed by atoms with van der Waals surface area (Å²) in [4.78, 5) is 10.6. The second-order valence-corrected chi connectivity index (χ2v) is 4.01. The third-order valence-corrected chi connectivity index (χ3v) is 2.85. The number of hydrogen-bond acceptors (Lipinski definition) is 1. The zero-order valence-electron chi connectivity index (χ0n) is 7.84. The van der Waals surface area contributed by atoms with Gasteiger partial charge in [0.1, 0.15) is 0 Å². The minimum absolute atomic E-state index is 0.0303. The van der Waals surface area contributed by atoms with E-state index in [1.807, 2.05) is 0 Å². The summed E-state index contributed by atoms with van der Waals surface area (Å²) < 4.78 is 37.4. The van der Waals surface area contributed by atoms with Gasteiger partial charge in [-0.2, -0.15) is 13.2 Å². The Morgan fingerprint density at radius 1 is 1.36 bits per heavy atom. The molecule has 1 aliphatic rings. The van der Waals surface area contributed by atoms with Crippen LogP contribution in [0.15, 0.2) is 0 Å². The quantitative estimate of drug-likeness (QED) is 0.722. The lowest BCUT2D eigenvalue weighted by Crippen LogP contribution is -2.39. The van der Waals surface area contributed by atoms with Crippen LogP contribution in [0.4, 0.5) is 13.2 Å². The van der Waals surface area contributed by atoms with Crippen molar-refractivity contribution in [2.75, 3.05) is 0 Å². The van der Waals surface area contributed by atoms with Crippen molar-refractivity contribution in [2.45, 2.75) is 32.4 Å². The first kappa shape index (κ1) is 11.3. The van der Waals surface area contributed by atoms with Gasteiger partial charge in [-0.1, -0.05) is 6.92 Å². The van der Waals surface area contributed by atoms with Gasteiger partial charge in [0, 0.05) is 0 Å². The van der Waals surface area contributed by atoms with Crippen LogP contribution in [-0.4, -0.2) is 17.3 Å². The third-order valence-electron chi connectivity index (χ3n) is 2.85. The average Bonchev–Trinajstić information content (AvgIpc) is 2.01. The van der Waals surface area contributed by atoms with E-state index < -0.39 is 24.0 Å². The Kier molecular flexibility index (Phi) is 3.07. The number of alkyl halides is 3. The van der Waals surface area contributed by atoms with Crippen LogP contribution < -0.4 is 0 Å². The largest absolute Gasteiger partial charge is 0.481 e. The number of aliphatic carboxylic acids is 1. The first-order valence-electron chi connectivity index (χ1n) is 4.62. The molecule has 1 saturated carbocycles. The summed E-state index contributed by atoms with van der Waals surface area (Å²) in [5.41, 5.74) is 0.